The summed E-state index contributed by atoms with van der Waals surface area (Å²) in [4.78, 5) is 13.5. The van der Waals surface area contributed by atoms with Gasteiger partial charge in [-0.05, 0) is 11.6 Å². The van der Waals surface area contributed by atoms with Gasteiger partial charge in [-0.1, -0.05) is 30.3 Å². The molecule has 90 valence electrons. The van der Waals surface area contributed by atoms with E-state index in [0.717, 1.165) is 31.7 Å². The molecule has 1 aromatic carbocycles. The molecule has 1 saturated heterocycles. The molecule has 0 aliphatic carbocycles. The maximum absolute atomic E-state index is 11.7. The van der Waals surface area contributed by atoms with Crippen molar-refractivity contribution in [3.05, 3.63) is 42.1 Å². The molecule has 1 fully saturated rings. The molecular formula is C13H17N3O. The van der Waals surface area contributed by atoms with E-state index in [1.54, 1.807) is 6.20 Å². The molecule has 2 amide bonds. The van der Waals surface area contributed by atoms with E-state index in [0.29, 0.717) is 0 Å². The maximum atomic E-state index is 11.7. The summed E-state index contributed by atoms with van der Waals surface area (Å²) in [7, 11) is 0. The zero-order chi connectivity index (χ0) is 11.9. The Morgan fingerprint density at radius 1 is 1.24 bits per heavy atom. The molecule has 0 atom stereocenters. The van der Waals surface area contributed by atoms with Gasteiger partial charge < -0.3 is 15.5 Å². The van der Waals surface area contributed by atoms with E-state index >= 15 is 0 Å². The van der Waals surface area contributed by atoms with Gasteiger partial charge in [0, 0.05) is 32.4 Å². The highest BCUT2D eigenvalue weighted by Gasteiger charge is 2.14. The van der Waals surface area contributed by atoms with Crippen LogP contribution in [0.4, 0.5) is 4.79 Å². The van der Waals surface area contributed by atoms with Crippen LogP contribution >= 0.6 is 0 Å². The van der Waals surface area contributed by atoms with E-state index < -0.39 is 0 Å². The lowest BCUT2D eigenvalue weighted by molar-refractivity contribution is 0.194. The van der Waals surface area contributed by atoms with Crippen LogP contribution in [0.15, 0.2) is 36.5 Å². The molecule has 0 radical (unpaired) electrons. The van der Waals surface area contributed by atoms with Gasteiger partial charge in [-0.25, -0.2) is 4.79 Å². The molecular weight excluding hydrogens is 214 g/mol. The van der Waals surface area contributed by atoms with Crippen molar-refractivity contribution >= 4 is 12.1 Å². The number of benzene rings is 1. The standard InChI is InChI=1S/C13H17N3O/c17-13(16-10-8-14-9-11-16)15-7-6-12-4-2-1-3-5-12/h1-7,14H,8-11H2,(H,15,17)/b7-6+. The lowest BCUT2D eigenvalue weighted by Gasteiger charge is -2.26. The molecule has 2 N–H and O–H groups in total. The molecule has 1 heterocycles. The maximum Gasteiger partial charge on any atom is 0.321 e. The highest BCUT2D eigenvalue weighted by atomic mass is 16.2. The van der Waals surface area contributed by atoms with E-state index in [1.165, 1.54) is 0 Å². The fourth-order valence-electron chi connectivity index (χ4n) is 1.73. The van der Waals surface area contributed by atoms with Crippen LogP contribution in [0.2, 0.25) is 0 Å². The monoisotopic (exact) mass is 231 g/mol. The Bertz CT molecular complexity index is 383. The van der Waals surface area contributed by atoms with Crippen molar-refractivity contribution in [3.63, 3.8) is 0 Å². The normalized spacial score (nSPS) is 16.1. The fraction of sp³-hybridized carbons (Fsp3) is 0.308. The van der Waals surface area contributed by atoms with Crippen molar-refractivity contribution < 1.29 is 4.79 Å². The summed E-state index contributed by atoms with van der Waals surface area (Å²) in [5, 5.41) is 5.99. The molecule has 4 nitrogen and oxygen atoms in total. The van der Waals surface area contributed by atoms with Crippen LogP contribution in [0.1, 0.15) is 5.56 Å². The molecule has 0 spiro atoms. The molecule has 1 aliphatic rings. The summed E-state index contributed by atoms with van der Waals surface area (Å²) in [5.74, 6) is 0. The third-order valence-electron chi connectivity index (χ3n) is 2.69. The van der Waals surface area contributed by atoms with Crippen LogP contribution in [0.5, 0.6) is 0 Å². The summed E-state index contributed by atoms with van der Waals surface area (Å²) in [6.07, 6.45) is 3.58. The van der Waals surface area contributed by atoms with Crippen LogP contribution in [0.3, 0.4) is 0 Å². The van der Waals surface area contributed by atoms with Gasteiger partial charge in [0.05, 0.1) is 0 Å². The molecule has 2 rings (SSSR count). The number of nitrogens with one attached hydrogen (secondary N) is 2. The largest absolute Gasteiger partial charge is 0.322 e. The van der Waals surface area contributed by atoms with Crippen molar-refractivity contribution in [1.82, 2.24) is 15.5 Å². The Kier molecular flexibility index (Phi) is 4.16. The van der Waals surface area contributed by atoms with Gasteiger partial charge in [0.2, 0.25) is 0 Å². The minimum absolute atomic E-state index is 0.0290. The third kappa shape index (κ3) is 3.60. The number of piperazine rings is 1. The van der Waals surface area contributed by atoms with Crippen LogP contribution in [-0.4, -0.2) is 37.1 Å². The topological polar surface area (TPSA) is 44.4 Å². The van der Waals surface area contributed by atoms with E-state index in [9.17, 15) is 4.79 Å². The zero-order valence-electron chi connectivity index (χ0n) is 9.73. The summed E-state index contributed by atoms with van der Waals surface area (Å²) < 4.78 is 0. The van der Waals surface area contributed by atoms with Crippen molar-refractivity contribution in [1.29, 1.82) is 0 Å². The molecule has 1 aromatic rings. The minimum atomic E-state index is -0.0290. The Morgan fingerprint density at radius 3 is 2.65 bits per heavy atom. The zero-order valence-corrected chi connectivity index (χ0v) is 9.73. The van der Waals surface area contributed by atoms with Gasteiger partial charge in [-0.3, -0.25) is 0 Å². The van der Waals surface area contributed by atoms with Gasteiger partial charge in [0.1, 0.15) is 0 Å². The van der Waals surface area contributed by atoms with Crippen LogP contribution in [-0.2, 0) is 0 Å². The first-order chi connectivity index (χ1) is 8.36. The first-order valence-electron chi connectivity index (χ1n) is 5.84. The lowest BCUT2D eigenvalue weighted by Crippen LogP contribution is -2.49. The van der Waals surface area contributed by atoms with Gasteiger partial charge in [0.25, 0.3) is 0 Å². The molecule has 4 heteroatoms. The molecule has 0 bridgehead atoms. The second kappa shape index (κ2) is 6.06. The molecule has 1 aliphatic heterocycles. The van der Waals surface area contributed by atoms with Crippen LogP contribution in [0, 0.1) is 0 Å². The van der Waals surface area contributed by atoms with Crippen molar-refractivity contribution in [2.45, 2.75) is 0 Å². The highest BCUT2D eigenvalue weighted by Crippen LogP contribution is 2.00. The highest BCUT2D eigenvalue weighted by molar-refractivity contribution is 5.76. The first kappa shape index (κ1) is 11.7. The van der Waals surface area contributed by atoms with Gasteiger partial charge in [-0.2, -0.15) is 0 Å². The number of hydrogen-bond acceptors (Lipinski definition) is 2. The second-order valence-corrected chi connectivity index (χ2v) is 3.93. The number of carbonyl (C=O) groups excluding carboxylic acids is 1. The second-order valence-electron chi connectivity index (χ2n) is 3.93. The third-order valence-corrected chi connectivity index (χ3v) is 2.69. The number of carbonyl (C=O) groups is 1. The average Bonchev–Trinajstić information content (AvgIpc) is 2.41. The van der Waals surface area contributed by atoms with Crippen LogP contribution < -0.4 is 10.6 Å². The number of nitrogens with zero attached hydrogens (tertiary/aromatic N) is 1. The lowest BCUT2D eigenvalue weighted by atomic mass is 10.2. The summed E-state index contributed by atoms with van der Waals surface area (Å²) in [6.45, 7) is 3.28. The van der Waals surface area contributed by atoms with E-state index in [1.807, 2.05) is 41.3 Å². The Balaban J connectivity index is 1.81. The number of amides is 2. The summed E-state index contributed by atoms with van der Waals surface area (Å²) >= 11 is 0. The molecule has 17 heavy (non-hydrogen) atoms. The average molecular weight is 231 g/mol. The predicted molar refractivity (Wildman–Crippen MR) is 68.5 cm³/mol. The van der Waals surface area contributed by atoms with Crippen molar-refractivity contribution in [3.8, 4) is 0 Å². The number of rotatable bonds is 2. The van der Waals surface area contributed by atoms with E-state index in [4.69, 9.17) is 0 Å². The van der Waals surface area contributed by atoms with Crippen molar-refractivity contribution in [2.75, 3.05) is 26.2 Å². The number of urea groups is 1. The van der Waals surface area contributed by atoms with Crippen LogP contribution in [0.25, 0.3) is 6.08 Å². The summed E-state index contributed by atoms with van der Waals surface area (Å²) in [6, 6.07) is 9.87. The Labute approximate surface area is 101 Å². The van der Waals surface area contributed by atoms with E-state index in [2.05, 4.69) is 10.6 Å². The quantitative estimate of drug-likeness (QED) is 0.805. The van der Waals surface area contributed by atoms with Gasteiger partial charge in [-0.15, -0.1) is 0 Å². The SMILES string of the molecule is O=C(N/C=C/c1ccccc1)N1CCNCC1. The molecule has 0 aromatic heterocycles. The number of hydrogen-bond donors (Lipinski definition) is 2. The van der Waals surface area contributed by atoms with Crippen molar-refractivity contribution in [2.24, 2.45) is 0 Å². The van der Waals surface area contributed by atoms with Gasteiger partial charge in [0.15, 0.2) is 0 Å². The summed E-state index contributed by atoms with van der Waals surface area (Å²) in [5.41, 5.74) is 1.08. The Morgan fingerprint density at radius 2 is 1.94 bits per heavy atom. The predicted octanol–water partition coefficient (Wildman–Crippen LogP) is 1.27. The first-order valence-corrected chi connectivity index (χ1v) is 5.84. The Hall–Kier alpha value is -1.81. The smallest absolute Gasteiger partial charge is 0.321 e. The van der Waals surface area contributed by atoms with Gasteiger partial charge >= 0.3 is 6.03 Å². The molecule has 0 unspecified atom stereocenters. The molecule has 0 saturated carbocycles. The fourth-order valence-corrected chi connectivity index (χ4v) is 1.73. The van der Waals surface area contributed by atoms with E-state index in [-0.39, 0.29) is 6.03 Å². The minimum Gasteiger partial charge on any atom is -0.322 e.